The number of hydrogen-bond acceptors (Lipinski definition) is 2. The summed E-state index contributed by atoms with van der Waals surface area (Å²) in [6.45, 7) is 0. The Kier molecular flexibility index (Phi) is 3.08. The van der Waals surface area contributed by atoms with E-state index in [1.165, 1.54) is 5.56 Å². The second kappa shape index (κ2) is 4.33. The van der Waals surface area contributed by atoms with Crippen LogP contribution in [0.15, 0.2) is 30.3 Å². The summed E-state index contributed by atoms with van der Waals surface area (Å²) < 4.78 is 0. The molecule has 1 aliphatic rings. The molecule has 0 spiro atoms. The van der Waals surface area contributed by atoms with E-state index in [0.29, 0.717) is 0 Å². The molecule has 2 heteroatoms. The number of rotatable bonds is 3. The standard InChI is InChI=1S/C13H19NO/c14-12(13(15)8-4-5-9-13)10-11-6-2-1-3-7-11/h1-3,6-7,12,15H,4-5,8-10,14H2. The summed E-state index contributed by atoms with van der Waals surface area (Å²) >= 11 is 0. The molecule has 1 aromatic carbocycles. The van der Waals surface area contributed by atoms with Gasteiger partial charge in [0.1, 0.15) is 0 Å². The van der Waals surface area contributed by atoms with E-state index in [1.54, 1.807) is 0 Å². The normalized spacial score (nSPS) is 21.5. The van der Waals surface area contributed by atoms with Crippen molar-refractivity contribution in [3.63, 3.8) is 0 Å². The van der Waals surface area contributed by atoms with Crippen molar-refractivity contribution in [2.45, 2.75) is 43.7 Å². The molecule has 2 rings (SSSR count). The Labute approximate surface area is 91.1 Å². The maximum Gasteiger partial charge on any atom is 0.0801 e. The van der Waals surface area contributed by atoms with Crippen LogP contribution in [0.3, 0.4) is 0 Å². The van der Waals surface area contributed by atoms with E-state index in [1.807, 2.05) is 18.2 Å². The fraction of sp³-hybridized carbons (Fsp3) is 0.538. The van der Waals surface area contributed by atoms with Crippen LogP contribution >= 0.6 is 0 Å². The van der Waals surface area contributed by atoms with Gasteiger partial charge in [-0.3, -0.25) is 0 Å². The number of aliphatic hydroxyl groups is 1. The van der Waals surface area contributed by atoms with Gasteiger partial charge in [-0.05, 0) is 24.8 Å². The van der Waals surface area contributed by atoms with Crippen LogP contribution in [0.2, 0.25) is 0 Å². The molecule has 0 amide bonds. The monoisotopic (exact) mass is 205 g/mol. The first-order valence-corrected chi connectivity index (χ1v) is 5.73. The molecule has 1 unspecified atom stereocenters. The predicted octanol–water partition coefficient (Wildman–Crippen LogP) is 1.86. The van der Waals surface area contributed by atoms with Gasteiger partial charge in [0.15, 0.2) is 0 Å². The first-order valence-electron chi connectivity index (χ1n) is 5.73. The largest absolute Gasteiger partial charge is 0.388 e. The minimum absolute atomic E-state index is 0.123. The van der Waals surface area contributed by atoms with Crippen molar-refractivity contribution >= 4 is 0 Å². The molecule has 0 heterocycles. The average molecular weight is 205 g/mol. The Morgan fingerprint density at radius 2 is 1.80 bits per heavy atom. The van der Waals surface area contributed by atoms with E-state index in [9.17, 15) is 5.11 Å². The third-order valence-corrected chi connectivity index (χ3v) is 3.46. The average Bonchev–Trinajstić information content (AvgIpc) is 2.68. The molecule has 0 saturated heterocycles. The van der Waals surface area contributed by atoms with Crippen LogP contribution in [0.4, 0.5) is 0 Å². The summed E-state index contributed by atoms with van der Waals surface area (Å²) in [5.41, 5.74) is 6.69. The number of nitrogens with two attached hydrogens (primary N) is 1. The zero-order valence-electron chi connectivity index (χ0n) is 9.02. The highest BCUT2D eigenvalue weighted by molar-refractivity contribution is 5.17. The lowest BCUT2D eigenvalue weighted by molar-refractivity contribution is 0.0211. The van der Waals surface area contributed by atoms with Gasteiger partial charge in [-0.25, -0.2) is 0 Å². The third kappa shape index (κ3) is 2.39. The molecule has 82 valence electrons. The molecule has 2 nitrogen and oxygen atoms in total. The van der Waals surface area contributed by atoms with Crippen molar-refractivity contribution in [2.24, 2.45) is 5.73 Å². The molecular weight excluding hydrogens is 186 g/mol. The van der Waals surface area contributed by atoms with Gasteiger partial charge in [0, 0.05) is 6.04 Å². The van der Waals surface area contributed by atoms with Crippen LogP contribution in [-0.4, -0.2) is 16.7 Å². The van der Waals surface area contributed by atoms with Crippen LogP contribution in [0, 0.1) is 0 Å². The van der Waals surface area contributed by atoms with Gasteiger partial charge < -0.3 is 10.8 Å². The van der Waals surface area contributed by atoms with E-state index < -0.39 is 5.60 Å². The van der Waals surface area contributed by atoms with Gasteiger partial charge in [0.25, 0.3) is 0 Å². The molecule has 0 aliphatic heterocycles. The summed E-state index contributed by atoms with van der Waals surface area (Å²) in [7, 11) is 0. The zero-order chi connectivity index (χ0) is 10.7. The Morgan fingerprint density at radius 3 is 2.40 bits per heavy atom. The van der Waals surface area contributed by atoms with E-state index in [4.69, 9.17) is 5.73 Å². The van der Waals surface area contributed by atoms with Crippen LogP contribution in [-0.2, 0) is 6.42 Å². The van der Waals surface area contributed by atoms with Crippen molar-refractivity contribution in [3.8, 4) is 0 Å². The molecule has 0 bridgehead atoms. The number of hydrogen-bond donors (Lipinski definition) is 2. The molecule has 15 heavy (non-hydrogen) atoms. The van der Waals surface area contributed by atoms with E-state index >= 15 is 0 Å². The fourth-order valence-corrected chi connectivity index (χ4v) is 2.42. The van der Waals surface area contributed by atoms with Crippen LogP contribution in [0.1, 0.15) is 31.2 Å². The van der Waals surface area contributed by atoms with Gasteiger partial charge >= 0.3 is 0 Å². The van der Waals surface area contributed by atoms with E-state index in [0.717, 1.165) is 32.1 Å². The molecule has 0 aromatic heterocycles. The van der Waals surface area contributed by atoms with Gasteiger partial charge in [0.05, 0.1) is 5.60 Å². The molecule has 0 radical (unpaired) electrons. The molecule has 3 N–H and O–H groups in total. The van der Waals surface area contributed by atoms with Gasteiger partial charge in [0.2, 0.25) is 0 Å². The quantitative estimate of drug-likeness (QED) is 0.791. The Bertz CT molecular complexity index is 304. The second-order valence-electron chi connectivity index (χ2n) is 4.61. The van der Waals surface area contributed by atoms with E-state index in [2.05, 4.69) is 12.1 Å². The molecule has 1 fully saturated rings. The number of benzene rings is 1. The Hall–Kier alpha value is -0.860. The lowest BCUT2D eigenvalue weighted by Crippen LogP contribution is -2.47. The molecular formula is C13H19NO. The smallest absolute Gasteiger partial charge is 0.0801 e. The minimum atomic E-state index is -0.615. The maximum absolute atomic E-state index is 10.3. The molecule has 1 atom stereocenters. The second-order valence-corrected chi connectivity index (χ2v) is 4.61. The first-order chi connectivity index (χ1) is 7.21. The minimum Gasteiger partial charge on any atom is -0.388 e. The molecule has 1 aliphatic carbocycles. The molecule has 1 saturated carbocycles. The summed E-state index contributed by atoms with van der Waals surface area (Å²) in [6, 6.07) is 10.0. The summed E-state index contributed by atoms with van der Waals surface area (Å²) in [6.07, 6.45) is 4.72. The predicted molar refractivity (Wildman–Crippen MR) is 61.5 cm³/mol. The van der Waals surface area contributed by atoms with Gasteiger partial charge in [-0.15, -0.1) is 0 Å². The summed E-state index contributed by atoms with van der Waals surface area (Å²) in [5, 5.41) is 10.3. The lowest BCUT2D eigenvalue weighted by atomic mass is 9.88. The SMILES string of the molecule is NC(Cc1ccccc1)C1(O)CCCC1. The van der Waals surface area contributed by atoms with Crippen LogP contribution < -0.4 is 5.73 Å². The third-order valence-electron chi connectivity index (χ3n) is 3.46. The van der Waals surface area contributed by atoms with Crippen LogP contribution in [0.5, 0.6) is 0 Å². The van der Waals surface area contributed by atoms with Gasteiger partial charge in [-0.2, -0.15) is 0 Å². The maximum atomic E-state index is 10.3. The van der Waals surface area contributed by atoms with Crippen molar-refractivity contribution in [3.05, 3.63) is 35.9 Å². The van der Waals surface area contributed by atoms with Crippen molar-refractivity contribution in [1.82, 2.24) is 0 Å². The molecule has 1 aromatic rings. The Morgan fingerprint density at radius 1 is 1.20 bits per heavy atom. The summed E-state index contributed by atoms with van der Waals surface area (Å²) in [4.78, 5) is 0. The van der Waals surface area contributed by atoms with Gasteiger partial charge in [-0.1, -0.05) is 43.2 Å². The zero-order valence-corrected chi connectivity index (χ0v) is 9.02. The highest BCUT2D eigenvalue weighted by atomic mass is 16.3. The highest BCUT2D eigenvalue weighted by Crippen LogP contribution is 2.32. The Balaban J connectivity index is 2.00. The lowest BCUT2D eigenvalue weighted by Gasteiger charge is -2.29. The van der Waals surface area contributed by atoms with E-state index in [-0.39, 0.29) is 6.04 Å². The fourth-order valence-electron chi connectivity index (χ4n) is 2.42. The summed E-state index contributed by atoms with van der Waals surface area (Å²) in [5.74, 6) is 0. The van der Waals surface area contributed by atoms with Crippen LogP contribution in [0.25, 0.3) is 0 Å². The van der Waals surface area contributed by atoms with Crippen molar-refractivity contribution in [2.75, 3.05) is 0 Å². The first kappa shape index (κ1) is 10.7. The van der Waals surface area contributed by atoms with Crippen molar-refractivity contribution < 1.29 is 5.11 Å². The topological polar surface area (TPSA) is 46.2 Å². The van der Waals surface area contributed by atoms with Crippen molar-refractivity contribution in [1.29, 1.82) is 0 Å². The highest BCUT2D eigenvalue weighted by Gasteiger charge is 2.36.